The number of hydrogen-bond donors (Lipinski definition) is 0. The smallest absolute Gasteiger partial charge is 0.335 e. The first-order valence-electron chi connectivity index (χ1n) is 9.75. The van der Waals surface area contributed by atoms with Gasteiger partial charge in [0.15, 0.2) is 0 Å². The van der Waals surface area contributed by atoms with E-state index in [0.717, 1.165) is 49.6 Å². The van der Waals surface area contributed by atoms with Crippen LogP contribution in [0.5, 0.6) is 0 Å². The minimum atomic E-state index is -4.42. The number of piperazine rings is 1. The molecule has 2 aliphatic heterocycles. The Morgan fingerprint density at radius 1 is 1.17 bits per heavy atom. The minimum Gasteiger partial charge on any atom is -0.335 e. The molecule has 1 unspecified atom stereocenters. The topological polar surface area (TPSA) is 26.8 Å². The number of thiophene rings is 1. The second-order valence-electron chi connectivity index (χ2n) is 7.84. The maximum Gasteiger partial charge on any atom is 0.416 e. The van der Waals surface area contributed by atoms with Crippen molar-refractivity contribution in [1.82, 2.24) is 14.7 Å². The number of likely N-dealkylation sites (tertiary alicyclic amines) is 1. The molecule has 0 radical (unpaired) electrons. The normalized spacial score (nSPS) is 22.4. The molecule has 1 amide bonds. The molecule has 3 heterocycles. The number of fused-ring (bicyclic) bond motifs is 1. The summed E-state index contributed by atoms with van der Waals surface area (Å²) in [6.45, 7) is 5.03. The SMILES string of the molecule is CN1CCCC(N2CCN(C(=O)c3sc4cc(C(F)(F)F)ccc4c3Cl)CC2)C1. The van der Waals surface area contributed by atoms with Gasteiger partial charge >= 0.3 is 6.18 Å². The van der Waals surface area contributed by atoms with Gasteiger partial charge in [0.1, 0.15) is 4.88 Å². The van der Waals surface area contributed by atoms with E-state index in [2.05, 4.69) is 16.8 Å². The molecule has 2 aromatic rings. The molecule has 2 saturated heterocycles. The van der Waals surface area contributed by atoms with Crippen molar-refractivity contribution < 1.29 is 18.0 Å². The number of alkyl halides is 3. The zero-order valence-corrected chi connectivity index (χ0v) is 17.7. The van der Waals surface area contributed by atoms with Gasteiger partial charge in [-0.3, -0.25) is 9.69 Å². The Bertz CT molecular complexity index is 908. The Hall–Kier alpha value is -1.35. The molecule has 1 aromatic heterocycles. The summed E-state index contributed by atoms with van der Waals surface area (Å²) >= 11 is 7.41. The molecule has 158 valence electrons. The van der Waals surface area contributed by atoms with Crippen molar-refractivity contribution in [1.29, 1.82) is 0 Å². The molecule has 1 aromatic carbocycles. The molecule has 0 aliphatic carbocycles. The summed E-state index contributed by atoms with van der Waals surface area (Å²) < 4.78 is 39.3. The zero-order chi connectivity index (χ0) is 20.8. The lowest BCUT2D eigenvalue weighted by atomic mass is 10.0. The summed E-state index contributed by atoms with van der Waals surface area (Å²) in [4.78, 5) is 19.9. The van der Waals surface area contributed by atoms with Gasteiger partial charge in [-0.2, -0.15) is 13.2 Å². The highest BCUT2D eigenvalue weighted by molar-refractivity contribution is 7.21. The van der Waals surface area contributed by atoms with E-state index >= 15 is 0 Å². The lowest BCUT2D eigenvalue weighted by molar-refractivity contribution is -0.137. The van der Waals surface area contributed by atoms with Crippen molar-refractivity contribution in [3.8, 4) is 0 Å². The van der Waals surface area contributed by atoms with E-state index in [1.165, 1.54) is 18.9 Å². The van der Waals surface area contributed by atoms with Gasteiger partial charge in [-0.25, -0.2) is 0 Å². The number of hydrogen-bond acceptors (Lipinski definition) is 4. The van der Waals surface area contributed by atoms with Gasteiger partial charge in [0, 0.05) is 48.9 Å². The maximum atomic E-state index is 13.0. The summed E-state index contributed by atoms with van der Waals surface area (Å²) in [5.74, 6) is -0.190. The number of carbonyl (C=O) groups is 1. The van der Waals surface area contributed by atoms with Crippen LogP contribution in [0, 0.1) is 0 Å². The summed E-state index contributed by atoms with van der Waals surface area (Å²) in [5, 5.41) is 0.747. The standard InChI is InChI=1S/C20H23ClF3N3OS/c1-25-6-2-3-14(12-25)26-7-9-27(10-8-26)19(28)18-17(21)15-5-4-13(20(22,23)24)11-16(15)29-18/h4-5,11,14H,2-3,6-10,12H2,1H3. The predicted octanol–water partition coefficient (Wildman–Crippen LogP) is 4.43. The summed E-state index contributed by atoms with van der Waals surface area (Å²) in [6.07, 6.45) is -2.04. The van der Waals surface area contributed by atoms with Crippen LogP contribution in [0.25, 0.3) is 10.1 Å². The molecule has 0 bridgehead atoms. The fourth-order valence-electron chi connectivity index (χ4n) is 4.25. The van der Waals surface area contributed by atoms with Gasteiger partial charge in [-0.05, 0) is 38.6 Å². The molecule has 4 nitrogen and oxygen atoms in total. The molecule has 1 atom stereocenters. The maximum absolute atomic E-state index is 13.0. The highest BCUT2D eigenvalue weighted by atomic mass is 35.5. The molecule has 2 aliphatic rings. The molecule has 2 fully saturated rings. The van der Waals surface area contributed by atoms with Gasteiger partial charge in [0.2, 0.25) is 0 Å². The first kappa shape index (κ1) is 20.9. The number of piperidine rings is 1. The Morgan fingerprint density at radius 2 is 1.90 bits per heavy atom. The fraction of sp³-hybridized carbons (Fsp3) is 0.550. The van der Waals surface area contributed by atoms with Crippen LogP contribution in [0.4, 0.5) is 13.2 Å². The van der Waals surface area contributed by atoms with Crippen LogP contribution in [0.15, 0.2) is 18.2 Å². The molecule has 29 heavy (non-hydrogen) atoms. The van der Waals surface area contributed by atoms with E-state index in [1.54, 1.807) is 4.90 Å². The monoisotopic (exact) mass is 445 g/mol. The molecule has 0 spiro atoms. The van der Waals surface area contributed by atoms with E-state index < -0.39 is 11.7 Å². The van der Waals surface area contributed by atoms with E-state index in [-0.39, 0.29) is 10.9 Å². The Balaban J connectivity index is 1.47. The third kappa shape index (κ3) is 4.26. The first-order chi connectivity index (χ1) is 13.7. The quantitative estimate of drug-likeness (QED) is 0.684. The van der Waals surface area contributed by atoms with Gasteiger partial charge in [-0.15, -0.1) is 11.3 Å². The highest BCUT2D eigenvalue weighted by Gasteiger charge is 2.33. The van der Waals surface area contributed by atoms with Crippen molar-refractivity contribution in [2.45, 2.75) is 25.1 Å². The average Bonchev–Trinajstić information content (AvgIpc) is 3.03. The zero-order valence-electron chi connectivity index (χ0n) is 16.1. The number of nitrogens with zero attached hydrogens (tertiary/aromatic N) is 3. The number of benzene rings is 1. The second-order valence-corrected chi connectivity index (χ2v) is 9.27. The largest absolute Gasteiger partial charge is 0.416 e. The van der Waals surface area contributed by atoms with Crippen molar-refractivity contribution in [3.63, 3.8) is 0 Å². The van der Waals surface area contributed by atoms with Gasteiger partial charge < -0.3 is 9.80 Å². The van der Waals surface area contributed by atoms with Crippen LogP contribution in [0.1, 0.15) is 28.1 Å². The lowest BCUT2D eigenvalue weighted by Gasteiger charge is -2.42. The lowest BCUT2D eigenvalue weighted by Crippen LogP contribution is -2.55. The molecule has 4 rings (SSSR count). The van der Waals surface area contributed by atoms with E-state index in [9.17, 15) is 18.0 Å². The number of amides is 1. The first-order valence-corrected chi connectivity index (χ1v) is 10.9. The third-order valence-corrected chi connectivity index (χ3v) is 7.51. The van der Waals surface area contributed by atoms with E-state index in [4.69, 9.17) is 11.6 Å². The molecule has 0 N–H and O–H groups in total. The Labute approximate surface area is 176 Å². The van der Waals surface area contributed by atoms with Crippen molar-refractivity contribution in [2.24, 2.45) is 0 Å². The van der Waals surface area contributed by atoms with Crippen LogP contribution < -0.4 is 0 Å². The summed E-state index contributed by atoms with van der Waals surface area (Å²) in [7, 11) is 2.14. The summed E-state index contributed by atoms with van der Waals surface area (Å²) in [5.41, 5.74) is -0.729. The number of likely N-dealkylation sites (N-methyl/N-ethyl adjacent to an activating group) is 1. The van der Waals surface area contributed by atoms with Crippen LogP contribution in [-0.4, -0.2) is 73.0 Å². The predicted molar refractivity (Wildman–Crippen MR) is 110 cm³/mol. The van der Waals surface area contributed by atoms with Crippen molar-refractivity contribution in [2.75, 3.05) is 46.3 Å². The van der Waals surface area contributed by atoms with Gasteiger partial charge in [0.25, 0.3) is 5.91 Å². The molecular formula is C20H23ClF3N3OS. The number of rotatable bonds is 2. The Kier molecular flexibility index (Phi) is 5.81. The van der Waals surface area contributed by atoms with Crippen molar-refractivity contribution in [3.05, 3.63) is 33.7 Å². The second kappa shape index (κ2) is 8.06. The van der Waals surface area contributed by atoms with Crippen LogP contribution >= 0.6 is 22.9 Å². The van der Waals surface area contributed by atoms with Crippen LogP contribution in [0.2, 0.25) is 5.02 Å². The Morgan fingerprint density at radius 3 is 2.55 bits per heavy atom. The number of halogens is 4. The molecule has 9 heteroatoms. The van der Waals surface area contributed by atoms with Crippen LogP contribution in [-0.2, 0) is 6.18 Å². The van der Waals surface area contributed by atoms with Crippen molar-refractivity contribution >= 4 is 38.9 Å². The third-order valence-electron chi connectivity index (χ3n) is 5.87. The highest BCUT2D eigenvalue weighted by Crippen LogP contribution is 2.39. The molecule has 0 saturated carbocycles. The van der Waals surface area contributed by atoms with Gasteiger partial charge in [-0.1, -0.05) is 17.7 Å². The molecular weight excluding hydrogens is 423 g/mol. The van der Waals surface area contributed by atoms with E-state index in [0.29, 0.717) is 34.1 Å². The van der Waals surface area contributed by atoms with Crippen LogP contribution in [0.3, 0.4) is 0 Å². The number of carbonyl (C=O) groups excluding carboxylic acids is 1. The minimum absolute atomic E-state index is 0.190. The average molecular weight is 446 g/mol. The summed E-state index contributed by atoms with van der Waals surface area (Å²) in [6, 6.07) is 3.96. The van der Waals surface area contributed by atoms with Gasteiger partial charge in [0.05, 0.1) is 10.6 Å². The van der Waals surface area contributed by atoms with E-state index in [1.807, 2.05) is 0 Å². The fourth-order valence-corrected chi connectivity index (χ4v) is 5.77.